The van der Waals surface area contributed by atoms with Crippen molar-refractivity contribution >= 4 is 21.1 Å². The number of nitrogens with one attached hydrogen (secondary N) is 1. The molecule has 0 atom stereocenters. The Morgan fingerprint density at radius 3 is 2.50 bits per heavy atom. The molecule has 1 heterocycles. The van der Waals surface area contributed by atoms with Gasteiger partial charge in [0.25, 0.3) is 0 Å². The topological polar surface area (TPSA) is 64.0 Å². The molecule has 5 nitrogen and oxygen atoms in total. The Balaban J connectivity index is 1.55. The van der Waals surface area contributed by atoms with E-state index in [1.54, 1.807) is 0 Å². The molecule has 3 aromatic rings. The van der Waals surface area contributed by atoms with Gasteiger partial charge in [0.1, 0.15) is 5.82 Å². The standard InChI is InChI=1S/C18H19N3O2S/c22-24(23,13-14-6-2-1-3-7-14)19-12-18-20-16-8-4-5-9-17(16)21(18)15-10-11-15/h1-9,15,19H,10-13H2. The van der Waals surface area contributed by atoms with Gasteiger partial charge in [0.2, 0.25) is 10.0 Å². The molecular formula is C18H19N3O2S. The van der Waals surface area contributed by atoms with E-state index in [9.17, 15) is 8.42 Å². The number of hydrogen-bond donors (Lipinski definition) is 1. The number of fused-ring (bicyclic) bond motifs is 1. The highest BCUT2D eigenvalue weighted by atomic mass is 32.2. The lowest BCUT2D eigenvalue weighted by atomic mass is 10.2. The lowest BCUT2D eigenvalue weighted by molar-refractivity contribution is 0.574. The zero-order valence-corrected chi connectivity index (χ0v) is 14.0. The fraction of sp³-hybridized carbons (Fsp3) is 0.278. The summed E-state index contributed by atoms with van der Waals surface area (Å²) < 4.78 is 29.6. The molecule has 0 saturated heterocycles. The Morgan fingerprint density at radius 2 is 1.75 bits per heavy atom. The minimum absolute atomic E-state index is 0.0164. The van der Waals surface area contributed by atoms with E-state index in [-0.39, 0.29) is 12.3 Å². The number of nitrogens with zero attached hydrogens (tertiary/aromatic N) is 2. The first-order chi connectivity index (χ1) is 11.6. The van der Waals surface area contributed by atoms with Crippen LogP contribution in [-0.4, -0.2) is 18.0 Å². The Kier molecular flexibility index (Phi) is 3.86. The van der Waals surface area contributed by atoms with Crippen LogP contribution in [0.3, 0.4) is 0 Å². The highest BCUT2D eigenvalue weighted by Gasteiger charge is 2.28. The third-order valence-corrected chi connectivity index (χ3v) is 5.53. The SMILES string of the molecule is O=S(=O)(Cc1ccccc1)NCc1nc2ccccc2n1C1CC1. The van der Waals surface area contributed by atoms with Crippen LogP contribution >= 0.6 is 0 Å². The van der Waals surface area contributed by atoms with Gasteiger partial charge in [-0.25, -0.2) is 18.1 Å². The second-order valence-corrected chi connectivity index (χ2v) is 7.99. The Bertz CT molecular complexity index is 960. The summed E-state index contributed by atoms with van der Waals surface area (Å²) in [5.41, 5.74) is 2.78. The van der Waals surface area contributed by atoms with Gasteiger partial charge in [0, 0.05) is 6.04 Å². The second-order valence-electron chi connectivity index (χ2n) is 6.18. The van der Waals surface area contributed by atoms with E-state index in [0.29, 0.717) is 6.04 Å². The van der Waals surface area contributed by atoms with Crippen molar-refractivity contribution in [3.8, 4) is 0 Å². The average molecular weight is 341 g/mol. The third kappa shape index (κ3) is 3.20. The minimum atomic E-state index is -3.40. The molecule has 1 fully saturated rings. The van der Waals surface area contributed by atoms with Gasteiger partial charge in [0.15, 0.2) is 0 Å². The number of sulfonamides is 1. The quantitative estimate of drug-likeness (QED) is 0.750. The summed E-state index contributed by atoms with van der Waals surface area (Å²) in [6, 6.07) is 17.6. The number of imidazole rings is 1. The van der Waals surface area contributed by atoms with Crippen LogP contribution in [0.2, 0.25) is 0 Å². The van der Waals surface area contributed by atoms with Crippen LogP contribution in [0.5, 0.6) is 0 Å². The van der Waals surface area contributed by atoms with Gasteiger partial charge in [-0.2, -0.15) is 0 Å². The van der Waals surface area contributed by atoms with Crippen LogP contribution < -0.4 is 4.72 Å². The Hall–Kier alpha value is -2.18. The summed E-state index contributed by atoms with van der Waals surface area (Å²) in [4.78, 5) is 4.62. The van der Waals surface area contributed by atoms with Crippen molar-refractivity contribution in [3.05, 3.63) is 66.0 Å². The first kappa shape index (κ1) is 15.4. The monoisotopic (exact) mass is 341 g/mol. The molecule has 0 unspecified atom stereocenters. The van der Waals surface area contributed by atoms with Crippen LogP contribution in [0.4, 0.5) is 0 Å². The highest BCUT2D eigenvalue weighted by molar-refractivity contribution is 7.88. The maximum Gasteiger partial charge on any atom is 0.216 e. The number of hydrogen-bond acceptors (Lipinski definition) is 3. The van der Waals surface area contributed by atoms with Gasteiger partial charge in [-0.3, -0.25) is 0 Å². The molecule has 4 rings (SSSR count). The molecule has 6 heteroatoms. The van der Waals surface area contributed by atoms with Crippen LogP contribution in [0, 0.1) is 0 Å². The van der Waals surface area contributed by atoms with E-state index < -0.39 is 10.0 Å². The smallest absolute Gasteiger partial charge is 0.216 e. The summed E-state index contributed by atoms with van der Waals surface area (Å²) in [7, 11) is -3.40. The van der Waals surface area contributed by atoms with Crippen molar-refractivity contribution in [3.63, 3.8) is 0 Å². The van der Waals surface area contributed by atoms with E-state index in [4.69, 9.17) is 0 Å². The normalized spacial score (nSPS) is 15.0. The first-order valence-corrected chi connectivity index (χ1v) is 9.75. The van der Waals surface area contributed by atoms with Crippen molar-refractivity contribution in [2.45, 2.75) is 31.2 Å². The van der Waals surface area contributed by atoms with Crippen molar-refractivity contribution in [1.82, 2.24) is 14.3 Å². The number of benzene rings is 2. The molecule has 1 aliphatic carbocycles. The van der Waals surface area contributed by atoms with Crippen molar-refractivity contribution in [2.75, 3.05) is 0 Å². The minimum Gasteiger partial charge on any atom is -0.324 e. The molecule has 1 aliphatic rings. The summed E-state index contributed by atoms with van der Waals surface area (Å²) in [6.07, 6.45) is 2.26. The molecule has 124 valence electrons. The van der Waals surface area contributed by atoms with Crippen LogP contribution in [0.1, 0.15) is 30.3 Å². The van der Waals surface area contributed by atoms with Gasteiger partial charge in [0.05, 0.1) is 23.3 Å². The summed E-state index contributed by atoms with van der Waals surface area (Å²) in [6.45, 7) is 0.223. The molecular weight excluding hydrogens is 322 g/mol. The fourth-order valence-corrected chi connectivity index (χ4v) is 4.06. The molecule has 0 aliphatic heterocycles. The summed E-state index contributed by atoms with van der Waals surface area (Å²) >= 11 is 0. The molecule has 1 N–H and O–H groups in total. The lowest BCUT2D eigenvalue weighted by Crippen LogP contribution is -2.26. The third-order valence-electron chi connectivity index (χ3n) is 4.23. The zero-order valence-electron chi connectivity index (χ0n) is 13.2. The zero-order chi connectivity index (χ0) is 16.6. The largest absolute Gasteiger partial charge is 0.324 e. The molecule has 0 amide bonds. The van der Waals surface area contributed by atoms with Crippen molar-refractivity contribution < 1.29 is 8.42 Å². The molecule has 24 heavy (non-hydrogen) atoms. The van der Waals surface area contributed by atoms with Gasteiger partial charge in [-0.1, -0.05) is 42.5 Å². The summed E-state index contributed by atoms with van der Waals surface area (Å²) in [5.74, 6) is 0.771. The van der Waals surface area contributed by atoms with E-state index in [1.165, 1.54) is 0 Å². The van der Waals surface area contributed by atoms with Gasteiger partial charge < -0.3 is 4.57 Å². The maximum atomic E-state index is 12.3. The van der Waals surface area contributed by atoms with Crippen LogP contribution in [0.25, 0.3) is 11.0 Å². The molecule has 0 bridgehead atoms. The predicted molar refractivity (Wildman–Crippen MR) is 93.9 cm³/mol. The van der Waals surface area contributed by atoms with Gasteiger partial charge in [-0.05, 0) is 30.5 Å². The van der Waals surface area contributed by atoms with Gasteiger partial charge >= 0.3 is 0 Å². The van der Waals surface area contributed by atoms with E-state index in [0.717, 1.165) is 35.3 Å². The lowest BCUT2D eigenvalue weighted by Gasteiger charge is -2.09. The summed E-state index contributed by atoms with van der Waals surface area (Å²) in [5, 5.41) is 0. The second kappa shape index (κ2) is 6.03. The number of aromatic nitrogens is 2. The van der Waals surface area contributed by atoms with Crippen molar-refractivity contribution in [1.29, 1.82) is 0 Å². The van der Waals surface area contributed by atoms with Crippen LogP contribution in [-0.2, 0) is 22.3 Å². The van der Waals surface area contributed by atoms with Gasteiger partial charge in [-0.15, -0.1) is 0 Å². The van der Waals surface area contributed by atoms with Crippen LogP contribution in [0.15, 0.2) is 54.6 Å². The first-order valence-electron chi connectivity index (χ1n) is 8.09. The molecule has 0 radical (unpaired) electrons. The maximum absolute atomic E-state index is 12.3. The van der Waals surface area contributed by atoms with E-state index >= 15 is 0 Å². The molecule has 1 aromatic heterocycles. The highest BCUT2D eigenvalue weighted by Crippen LogP contribution is 2.38. The Labute approximate surface area is 141 Å². The van der Waals surface area contributed by atoms with E-state index in [1.807, 2.05) is 54.6 Å². The predicted octanol–water partition coefficient (Wildman–Crippen LogP) is 2.99. The van der Waals surface area contributed by atoms with E-state index in [2.05, 4.69) is 14.3 Å². The average Bonchev–Trinajstić information content (AvgIpc) is 3.34. The number of para-hydroxylation sites is 2. The fourth-order valence-electron chi connectivity index (χ4n) is 2.98. The molecule has 1 saturated carbocycles. The van der Waals surface area contributed by atoms with Crippen molar-refractivity contribution in [2.24, 2.45) is 0 Å². The molecule has 0 spiro atoms. The molecule has 2 aromatic carbocycles. The number of rotatable bonds is 6. The Morgan fingerprint density at radius 1 is 1.04 bits per heavy atom.